The van der Waals surface area contributed by atoms with Crippen molar-refractivity contribution < 1.29 is 4.74 Å². The molecular formula is C12H20N4O. The normalized spacial score (nSPS) is 23.7. The van der Waals surface area contributed by atoms with E-state index in [9.17, 15) is 0 Å². The number of anilines is 2. The van der Waals surface area contributed by atoms with Crippen molar-refractivity contribution in [3.8, 4) is 0 Å². The monoisotopic (exact) mass is 236 g/mol. The second-order valence-corrected chi connectivity index (χ2v) is 4.70. The summed E-state index contributed by atoms with van der Waals surface area (Å²) in [5.41, 5.74) is -0.00964. The van der Waals surface area contributed by atoms with Gasteiger partial charge in [-0.1, -0.05) is 0 Å². The average Bonchev–Trinajstić information content (AvgIpc) is 2.64. The number of aryl methyl sites for hydroxylation is 1. The van der Waals surface area contributed by atoms with Crippen LogP contribution in [0.25, 0.3) is 0 Å². The third kappa shape index (κ3) is 3.06. The summed E-state index contributed by atoms with van der Waals surface area (Å²) in [4.78, 5) is 8.73. The maximum atomic E-state index is 5.42. The fourth-order valence-electron chi connectivity index (χ4n) is 1.98. The Balaban J connectivity index is 2.14. The summed E-state index contributed by atoms with van der Waals surface area (Å²) in [6.07, 6.45) is 1.01. The molecule has 0 aliphatic carbocycles. The van der Waals surface area contributed by atoms with Gasteiger partial charge in [-0.2, -0.15) is 0 Å². The van der Waals surface area contributed by atoms with Crippen molar-refractivity contribution in [2.45, 2.75) is 32.7 Å². The highest BCUT2D eigenvalue weighted by molar-refractivity contribution is 5.49. The summed E-state index contributed by atoms with van der Waals surface area (Å²) in [5, 5.41) is 6.64. The van der Waals surface area contributed by atoms with Crippen LogP contribution in [0.4, 0.5) is 11.6 Å². The van der Waals surface area contributed by atoms with Crippen molar-refractivity contribution in [1.82, 2.24) is 9.97 Å². The number of ether oxygens (including phenoxy) is 1. The fraction of sp³-hybridized carbons (Fsp3) is 0.667. The smallest absolute Gasteiger partial charge is 0.132 e. The lowest BCUT2D eigenvalue weighted by atomic mass is 10.0. The van der Waals surface area contributed by atoms with Crippen molar-refractivity contribution in [3.63, 3.8) is 0 Å². The van der Waals surface area contributed by atoms with Gasteiger partial charge in [-0.3, -0.25) is 0 Å². The zero-order chi connectivity index (χ0) is 12.3. The predicted octanol–water partition coefficient (Wildman–Crippen LogP) is 1.81. The van der Waals surface area contributed by atoms with E-state index in [-0.39, 0.29) is 5.54 Å². The van der Waals surface area contributed by atoms with Gasteiger partial charge in [0, 0.05) is 19.2 Å². The van der Waals surface area contributed by atoms with Gasteiger partial charge in [-0.25, -0.2) is 9.97 Å². The molecule has 2 heterocycles. The Hall–Kier alpha value is -1.36. The quantitative estimate of drug-likeness (QED) is 0.835. The first kappa shape index (κ1) is 12.1. The molecule has 1 aromatic rings. The van der Waals surface area contributed by atoms with Crippen molar-refractivity contribution in [2.24, 2.45) is 0 Å². The molecule has 0 bridgehead atoms. The highest BCUT2D eigenvalue weighted by Crippen LogP contribution is 2.23. The van der Waals surface area contributed by atoms with Gasteiger partial charge < -0.3 is 15.4 Å². The number of nitrogens with zero attached hydrogens (tertiary/aromatic N) is 2. The standard InChI is InChI=1S/C12H20N4O/c1-4-13-10-7-11(15-9(2)14-10)16-12(3)5-6-17-8-12/h7H,4-6,8H2,1-3H3,(H2,13,14,15,16). The second kappa shape index (κ2) is 4.87. The zero-order valence-corrected chi connectivity index (χ0v) is 10.7. The Morgan fingerprint density at radius 1 is 1.41 bits per heavy atom. The molecule has 0 spiro atoms. The van der Waals surface area contributed by atoms with Gasteiger partial charge in [0.1, 0.15) is 17.5 Å². The first-order valence-corrected chi connectivity index (χ1v) is 6.07. The molecule has 1 aromatic heterocycles. The summed E-state index contributed by atoms with van der Waals surface area (Å²) in [6, 6.07) is 1.94. The van der Waals surface area contributed by atoms with Gasteiger partial charge in [0.2, 0.25) is 0 Å². The predicted molar refractivity (Wildman–Crippen MR) is 68.4 cm³/mol. The van der Waals surface area contributed by atoms with E-state index in [0.29, 0.717) is 0 Å². The number of nitrogens with one attached hydrogen (secondary N) is 2. The molecule has 2 N–H and O–H groups in total. The lowest BCUT2D eigenvalue weighted by Gasteiger charge is -2.24. The van der Waals surface area contributed by atoms with Gasteiger partial charge >= 0.3 is 0 Å². The van der Waals surface area contributed by atoms with Crippen LogP contribution in [-0.2, 0) is 4.74 Å². The summed E-state index contributed by atoms with van der Waals surface area (Å²) < 4.78 is 5.42. The third-order valence-electron chi connectivity index (χ3n) is 2.84. The molecule has 5 heteroatoms. The van der Waals surface area contributed by atoms with E-state index in [2.05, 4.69) is 34.4 Å². The largest absolute Gasteiger partial charge is 0.379 e. The van der Waals surface area contributed by atoms with Crippen molar-refractivity contribution >= 4 is 11.6 Å². The molecule has 94 valence electrons. The molecule has 0 saturated carbocycles. The Kier molecular flexibility index (Phi) is 3.47. The molecular weight excluding hydrogens is 216 g/mol. The molecule has 1 atom stereocenters. The minimum absolute atomic E-state index is 0.00964. The molecule has 1 aliphatic heterocycles. The molecule has 5 nitrogen and oxygen atoms in total. The van der Waals surface area contributed by atoms with Gasteiger partial charge in [0.05, 0.1) is 12.1 Å². The number of rotatable bonds is 4. The highest BCUT2D eigenvalue weighted by Gasteiger charge is 2.29. The van der Waals surface area contributed by atoms with Crippen LogP contribution in [0.2, 0.25) is 0 Å². The lowest BCUT2D eigenvalue weighted by molar-refractivity contribution is 0.185. The lowest BCUT2D eigenvalue weighted by Crippen LogP contribution is -2.35. The molecule has 0 aromatic carbocycles. The van der Waals surface area contributed by atoms with Crippen LogP contribution in [0.5, 0.6) is 0 Å². The van der Waals surface area contributed by atoms with E-state index in [1.54, 1.807) is 0 Å². The minimum atomic E-state index is -0.00964. The fourth-order valence-corrected chi connectivity index (χ4v) is 1.98. The van der Waals surface area contributed by atoms with Crippen LogP contribution in [0, 0.1) is 6.92 Å². The Morgan fingerprint density at radius 2 is 2.18 bits per heavy atom. The van der Waals surface area contributed by atoms with Crippen molar-refractivity contribution in [2.75, 3.05) is 30.4 Å². The highest BCUT2D eigenvalue weighted by atomic mass is 16.5. The van der Waals surface area contributed by atoms with Crippen molar-refractivity contribution in [3.05, 3.63) is 11.9 Å². The minimum Gasteiger partial charge on any atom is -0.379 e. The number of hydrogen-bond donors (Lipinski definition) is 2. The summed E-state index contributed by atoms with van der Waals surface area (Å²) in [5.74, 6) is 2.50. The van der Waals surface area contributed by atoms with Crippen LogP contribution in [0.3, 0.4) is 0 Å². The van der Waals surface area contributed by atoms with Crippen LogP contribution in [-0.4, -0.2) is 35.3 Å². The summed E-state index contributed by atoms with van der Waals surface area (Å²) in [7, 11) is 0. The van der Waals surface area contributed by atoms with E-state index in [1.165, 1.54) is 0 Å². The van der Waals surface area contributed by atoms with Gasteiger partial charge in [0.15, 0.2) is 0 Å². The maximum absolute atomic E-state index is 5.42. The summed E-state index contributed by atoms with van der Waals surface area (Å²) in [6.45, 7) is 8.51. The average molecular weight is 236 g/mol. The summed E-state index contributed by atoms with van der Waals surface area (Å²) >= 11 is 0. The van der Waals surface area contributed by atoms with E-state index < -0.39 is 0 Å². The SMILES string of the molecule is CCNc1cc(NC2(C)CCOC2)nc(C)n1. The molecule has 17 heavy (non-hydrogen) atoms. The van der Waals surface area contributed by atoms with E-state index >= 15 is 0 Å². The number of hydrogen-bond acceptors (Lipinski definition) is 5. The molecule has 1 fully saturated rings. The molecule has 1 unspecified atom stereocenters. The first-order chi connectivity index (χ1) is 8.11. The molecule has 0 amide bonds. The van der Waals surface area contributed by atoms with Gasteiger partial charge in [-0.05, 0) is 27.2 Å². The number of aromatic nitrogens is 2. The molecule has 1 aliphatic rings. The second-order valence-electron chi connectivity index (χ2n) is 4.70. The van der Waals surface area contributed by atoms with Crippen LogP contribution in [0.1, 0.15) is 26.1 Å². The van der Waals surface area contributed by atoms with Crippen molar-refractivity contribution in [1.29, 1.82) is 0 Å². The topological polar surface area (TPSA) is 59.1 Å². The Bertz CT molecular complexity index is 388. The maximum Gasteiger partial charge on any atom is 0.132 e. The molecule has 0 radical (unpaired) electrons. The van der Waals surface area contributed by atoms with E-state index in [4.69, 9.17) is 4.74 Å². The third-order valence-corrected chi connectivity index (χ3v) is 2.84. The van der Waals surface area contributed by atoms with Crippen LogP contribution >= 0.6 is 0 Å². The Morgan fingerprint density at radius 3 is 2.82 bits per heavy atom. The Labute approximate surface area is 102 Å². The van der Waals surface area contributed by atoms with Crippen LogP contribution in [0.15, 0.2) is 6.07 Å². The van der Waals surface area contributed by atoms with Gasteiger partial charge in [0.25, 0.3) is 0 Å². The van der Waals surface area contributed by atoms with E-state index in [0.717, 1.165) is 43.6 Å². The molecule has 1 saturated heterocycles. The van der Waals surface area contributed by atoms with Gasteiger partial charge in [-0.15, -0.1) is 0 Å². The first-order valence-electron chi connectivity index (χ1n) is 6.07. The van der Waals surface area contributed by atoms with E-state index in [1.807, 2.05) is 13.0 Å². The zero-order valence-electron chi connectivity index (χ0n) is 10.7. The van der Waals surface area contributed by atoms with Crippen LogP contribution < -0.4 is 10.6 Å². The molecule has 2 rings (SSSR count).